The van der Waals surface area contributed by atoms with Gasteiger partial charge in [0, 0.05) is 10.6 Å². The van der Waals surface area contributed by atoms with Crippen LogP contribution in [0.2, 0.25) is 5.02 Å². The molecule has 0 heterocycles. The van der Waals surface area contributed by atoms with Crippen LogP contribution in [-0.4, -0.2) is 5.84 Å². The number of aliphatic imine (C=N–C) groups is 1. The third-order valence-electron chi connectivity index (χ3n) is 2.50. The van der Waals surface area contributed by atoms with Crippen LogP contribution in [0.4, 0.5) is 5.69 Å². The molecule has 0 saturated heterocycles. The van der Waals surface area contributed by atoms with E-state index in [0.29, 0.717) is 10.9 Å². The zero-order chi connectivity index (χ0) is 12.3. The number of hydrogen-bond donors (Lipinski definition) is 1. The van der Waals surface area contributed by atoms with Gasteiger partial charge in [-0.2, -0.15) is 0 Å². The molecule has 0 spiro atoms. The van der Waals surface area contributed by atoms with Crippen molar-refractivity contribution in [1.82, 2.24) is 0 Å². The van der Waals surface area contributed by atoms with E-state index in [1.54, 1.807) is 12.1 Å². The molecule has 0 unspecified atom stereocenters. The average molecular weight is 245 g/mol. The summed E-state index contributed by atoms with van der Waals surface area (Å²) in [5.41, 5.74) is 8.86. The standard InChI is InChI=1S/C14H13ClN2/c1-10-4-2-3-5-13(10)14(16)17-12-8-6-11(15)7-9-12/h2-9H,1H3,(H2,16,17). The minimum absolute atomic E-state index is 0.519. The van der Waals surface area contributed by atoms with Crippen LogP contribution in [0.15, 0.2) is 53.5 Å². The highest BCUT2D eigenvalue weighted by Gasteiger charge is 2.01. The Bertz CT molecular complexity index is 544. The summed E-state index contributed by atoms with van der Waals surface area (Å²) in [5.74, 6) is 0.519. The van der Waals surface area contributed by atoms with Gasteiger partial charge in [0.15, 0.2) is 0 Å². The van der Waals surface area contributed by atoms with Crippen molar-refractivity contribution in [1.29, 1.82) is 0 Å². The first kappa shape index (κ1) is 11.7. The molecule has 0 fully saturated rings. The van der Waals surface area contributed by atoms with Crippen molar-refractivity contribution < 1.29 is 0 Å². The Labute approximate surface area is 106 Å². The van der Waals surface area contributed by atoms with Crippen molar-refractivity contribution in [3.05, 3.63) is 64.7 Å². The lowest BCUT2D eigenvalue weighted by Crippen LogP contribution is -2.14. The number of aryl methyl sites for hydroxylation is 1. The van der Waals surface area contributed by atoms with Crippen molar-refractivity contribution in [2.45, 2.75) is 6.92 Å². The number of amidine groups is 1. The van der Waals surface area contributed by atoms with Gasteiger partial charge in [0.05, 0.1) is 5.69 Å². The zero-order valence-corrected chi connectivity index (χ0v) is 10.3. The maximum absolute atomic E-state index is 5.98. The van der Waals surface area contributed by atoms with Crippen LogP contribution in [0.1, 0.15) is 11.1 Å². The summed E-state index contributed by atoms with van der Waals surface area (Å²) in [7, 11) is 0. The van der Waals surface area contributed by atoms with Crippen molar-refractivity contribution in [3.8, 4) is 0 Å². The van der Waals surface area contributed by atoms with Gasteiger partial charge in [0.1, 0.15) is 5.84 Å². The number of hydrogen-bond acceptors (Lipinski definition) is 1. The fourth-order valence-electron chi connectivity index (χ4n) is 1.58. The van der Waals surface area contributed by atoms with Crippen LogP contribution in [0.25, 0.3) is 0 Å². The predicted octanol–water partition coefficient (Wildman–Crippen LogP) is 3.69. The minimum Gasteiger partial charge on any atom is -0.383 e. The quantitative estimate of drug-likeness (QED) is 0.635. The fourth-order valence-corrected chi connectivity index (χ4v) is 1.70. The first-order valence-electron chi connectivity index (χ1n) is 5.32. The molecule has 0 radical (unpaired) electrons. The summed E-state index contributed by atoms with van der Waals surface area (Å²) < 4.78 is 0. The van der Waals surface area contributed by atoms with E-state index in [2.05, 4.69) is 4.99 Å². The molecule has 3 heteroatoms. The highest BCUT2D eigenvalue weighted by atomic mass is 35.5. The molecule has 0 saturated carbocycles. The Morgan fingerprint density at radius 3 is 2.35 bits per heavy atom. The van der Waals surface area contributed by atoms with Crippen LogP contribution in [0.5, 0.6) is 0 Å². The topological polar surface area (TPSA) is 38.4 Å². The van der Waals surface area contributed by atoms with Crippen LogP contribution in [0.3, 0.4) is 0 Å². The summed E-state index contributed by atoms with van der Waals surface area (Å²) in [4.78, 5) is 4.37. The third kappa shape index (κ3) is 2.86. The summed E-state index contributed by atoms with van der Waals surface area (Å²) in [6.45, 7) is 2.01. The molecule has 0 atom stereocenters. The second-order valence-corrected chi connectivity index (χ2v) is 4.22. The number of rotatable bonds is 2. The van der Waals surface area contributed by atoms with Gasteiger partial charge in [-0.3, -0.25) is 0 Å². The van der Waals surface area contributed by atoms with Gasteiger partial charge in [0.25, 0.3) is 0 Å². The first-order valence-corrected chi connectivity index (χ1v) is 5.70. The van der Waals surface area contributed by atoms with Crippen LogP contribution < -0.4 is 5.73 Å². The van der Waals surface area contributed by atoms with E-state index in [1.165, 1.54) is 0 Å². The Morgan fingerprint density at radius 1 is 1.06 bits per heavy atom. The maximum atomic E-state index is 5.98. The molecule has 0 aromatic heterocycles. The molecule has 2 aromatic rings. The summed E-state index contributed by atoms with van der Waals surface area (Å²) >= 11 is 5.81. The molecular weight excluding hydrogens is 232 g/mol. The fraction of sp³-hybridized carbons (Fsp3) is 0.0714. The van der Waals surface area contributed by atoms with E-state index in [1.807, 2.05) is 43.3 Å². The molecule has 0 aliphatic rings. The Morgan fingerprint density at radius 2 is 1.71 bits per heavy atom. The van der Waals surface area contributed by atoms with Gasteiger partial charge in [-0.05, 0) is 36.8 Å². The molecule has 0 amide bonds. The molecule has 0 bridgehead atoms. The number of nitrogens with two attached hydrogens (primary N) is 1. The van der Waals surface area contributed by atoms with Gasteiger partial charge >= 0.3 is 0 Å². The van der Waals surface area contributed by atoms with Crippen LogP contribution >= 0.6 is 11.6 Å². The number of benzene rings is 2. The molecule has 0 aliphatic carbocycles. The van der Waals surface area contributed by atoms with Crippen LogP contribution in [-0.2, 0) is 0 Å². The van der Waals surface area contributed by atoms with Crippen molar-refractivity contribution >= 4 is 23.1 Å². The minimum atomic E-state index is 0.519. The van der Waals surface area contributed by atoms with E-state index >= 15 is 0 Å². The smallest absolute Gasteiger partial charge is 0.131 e. The zero-order valence-electron chi connectivity index (χ0n) is 9.52. The lowest BCUT2D eigenvalue weighted by atomic mass is 10.1. The Balaban J connectivity index is 2.34. The van der Waals surface area contributed by atoms with E-state index in [4.69, 9.17) is 17.3 Å². The molecule has 2 aromatic carbocycles. The van der Waals surface area contributed by atoms with Gasteiger partial charge < -0.3 is 5.73 Å². The third-order valence-corrected chi connectivity index (χ3v) is 2.75. The molecule has 17 heavy (non-hydrogen) atoms. The van der Waals surface area contributed by atoms with Crippen molar-refractivity contribution in [3.63, 3.8) is 0 Å². The lowest BCUT2D eigenvalue weighted by Gasteiger charge is -2.04. The molecule has 2 rings (SSSR count). The second kappa shape index (κ2) is 5.02. The molecule has 86 valence electrons. The van der Waals surface area contributed by atoms with Gasteiger partial charge in [-0.1, -0.05) is 35.9 Å². The SMILES string of the molecule is Cc1ccccc1C(N)=Nc1ccc(Cl)cc1. The Hall–Kier alpha value is -1.80. The summed E-state index contributed by atoms with van der Waals surface area (Å²) in [6.07, 6.45) is 0. The first-order chi connectivity index (χ1) is 8.16. The van der Waals surface area contributed by atoms with E-state index < -0.39 is 0 Å². The van der Waals surface area contributed by atoms with E-state index in [0.717, 1.165) is 16.8 Å². The Kier molecular flexibility index (Phi) is 3.45. The van der Waals surface area contributed by atoms with Gasteiger partial charge in [-0.25, -0.2) is 4.99 Å². The average Bonchev–Trinajstić information content (AvgIpc) is 2.32. The van der Waals surface area contributed by atoms with Gasteiger partial charge in [0.2, 0.25) is 0 Å². The van der Waals surface area contributed by atoms with Crippen molar-refractivity contribution in [2.75, 3.05) is 0 Å². The normalized spacial score (nSPS) is 11.5. The highest BCUT2D eigenvalue weighted by Crippen LogP contribution is 2.17. The molecular formula is C14H13ClN2. The largest absolute Gasteiger partial charge is 0.383 e. The van der Waals surface area contributed by atoms with Crippen molar-refractivity contribution in [2.24, 2.45) is 10.7 Å². The maximum Gasteiger partial charge on any atom is 0.131 e. The second-order valence-electron chi connectivity index (χ2n) is 3.79. The summed E-state index contributed by atoms with van der Waals surface area (Å²) in [6, 6.07) is 15.2. The van der Waals surface area contributed by atoms with Crippen LogP contribution in [0, 0.1) is 6.92 Å². The monoisotopic (exact) mass is 244 g/mol. The molecule has 2 nitrogen and oxygen atoms in total. The number of nitrogens with zero attached hydrogens (tertiary/aromatic N) is 1. The van der Waals surface area contributed by atoms with Gasteiger partial charge in [-0.15, -0.1) is 0 Å². The summed E-state index contributed by atoms with van der Waals surface area (Å²) in [5, 5.41) is 0.693. The molecule has 2 N–H and O–H groups in total. The molecule has 0 aliphatic heterocycles. The predicted molar refractivity (Wildman–Crippen MR) is 73.0 cm³/mol. The van der Waals surface area contributed by atoms with E-state index in [-0.39, 0.29) is 0 Å². The number of halogens is 1. The highest BCUT2D eigenvalue weighted by molar-refractivity contribution is 6.30. The van der Waals surface area contributed by atoms with E-state index in [9.17, 15) is 0 Å². The lowest BCUT2D eigenvalue weighted by molar-refractivity contribution is 1.39.